The quantitative estimate of drug-likeness (QED) is 0.683. The fraction of sp³-hybridized carbons (Fsp3) is 0.333. The van der Waals surface area contributed by atoms with Crippen LogP contribution in [0.1, 0.15) is 48.9 Å². The van der Waals surface area contributed by atoms with Gasteiger partial charge in [-0.05, 0) is 54.3 Å². The van der Waals surface area contributed by atoms with Crippen LogP contribution in [-0.4, -0.2) is 39.6 Å². The summed E-state index contributed by atoms with van der Waals surface area (Å²) < 4.78 is 1.18. The lowest BCUT2D eigenvalue weighted by atomic mass is 9.71. The van der Waals surface area contributed by atoms with Crippen molar-refractivity contribution in [3.8, 4) is 0 Å². The smallest absolute Gasteiger partial charge is 0.414 e. The van der Waals surface area contributed by atoms with Crippen molar-refractivity contribution in [2.45, 2.75) is 37.8 Å². The molecule has 0 amide bonds. The van der Waals surface area contributed by atoms with E-state index in [1.807, 2.05) is 0 Å². The van der Waals surface area contributed by atoms with Crippen LogP contribution in [0.3, 0.4) is 0 Å². The van der Waals surface area contributed by atoms with Crippen LogP contribution in [-0.2, 0) is 20.7 Å². The summed E-state index contributed by atoms with van der Waals surface area (Å²) >= 11 is 3.67. The molecule has 2 aromatic rings. The Kier molecular flexibility index (Phi) is 6.04. The summed E-state index contributed by atoms with van der Waals surface area (Å²) in [6.07, 6.45) is 2.21. The van der Waals surface area contributed by atoms with Crippen LogP contribution in [0, 0.1) is 0 Å². The predicted octanol–water partition coefficient (Wildman–Crippen LogP) is 3.35. The lowest BCUT2D eigenvalue weighted by Gasteiger charge is -2.36. The van der Waals surface area contributed by atoms with Crippen molar-refractivity contribution in [2.24, 2.45) is 0 Å². The second kappa shape index (κ2) is 7.66. The van der Waals surface area contributed by atoms with E-state index in [4.69, 9.17) is 19.8 Å². The molecule has 0 aliphatic carbocycles. The number of benzene rings is 2. The molecular formula is C21H24BrNO5. The van der Waals surface area contributed by atoms with Crippen molar-refractivity contribution in [2.75, 3.05) is 7.05 Å². The molecule has 2 aliphatic rings. The van der Waals surface area contributed by atoms with Gasteiger partial charge in [0, 0.05) is 4.47 Å². The van der Waals surface area contributed by atoms with Gasteiger partial charge < -0.3 is 15.7 Å². The van der Waals surface area contributed by atoms with E-state index >= 15 is 0 Å². The maximum atomic E-state index is 9.10. The van der Waals surface area contributed by atoms with Gasteiger partial charge in [0.1, 0.15) is 0 Å². The highest BCUT2D eigenvalue weighted by molar-refractivity contribution is 9.10. The summed E-state index contributed by atoms with van der Waals surface area (Å²) in [7, 11) is 2.31. The van der Waals surface area contributed by atoms with Crippen LogP contribution in [0.4, 0.5) is 0 Å². The predicted molar refractivity (Wildman–Crippen MR) is 109 cm³/mol. The molecule has 7 heteroatoms. The van der Waals surface area contributed by atoms with Crippen LogP contribution in [0.5, 0.6) is 0 Å². The fourth-order valence-corrected chi connectivity index (χ4v) is 5.36. The molecule has 0 saturated carbocycles. The standard InChI is InChI=1S/C19H20BrN.C2H2O4.H2O/c1-4-18-14-8-6-7-9-15(14)19(5-2,21(18)3)17-12-13(20)10-11-16(17)18;3-1(4)2(5)6;/h6-12H,4-5H2,1-3H3;(H,3,4)(H,5,6);1H2. The van der Waals surface area contributed by atoms with Gasteiger partial charge in [0.2, 0.25) is 0 Å². The summed E-state index contributed by atoms with van der Waals surface area (Å²) in [6, 6.07) is 15.9. The molecule has 150 valence electrons. The lowest BCUT2D eigenvalue weighted by molar-refractivity contribution is -0.159. The summed E-state index contributed by atoms with van der Waals surface area (Å²) in [4.78, 5) is 20.8. The zero-order valence-corrected chi connectivity index (χ0v) is 17.6. The molecule has 2 aromatic carbocycles. The molecule has 0 spiro atoms. The normalized spacial score (nSPS) is 23.7. The van der Waals surface area contributed by atoms with Gasteiger partial charge in [-0.3, -0.25) is 4.90 Å². The van der Waals surface area contributed by atoms with Crippen molar-refractivity contribution in [3.63, 3.8) is 0 Å². The topological polar surface area (TPSA) is 109 Å². The monoisotopic (exact) mass is 449 g/mol. The van der Waals surface area contributed by atoms with Gasteiger partial charge >= 0.3 is 11.9 Å². The molecule has 6 nitrogen and oxygen atoms in total. The largest absolute Gasteiger partial charge is 0.473 e. The highest BCUT2D eigenvalue weighted by Crippen LogP contribution is 2.64. The van der Waals surface area contributed by atoms with Gasteiger partial charge in [-0.1, -0.05) is 60.1 Å². The second-order valence-corrected chi connectivity index (χ2v) is 7.75. The number of carboxylic acid groups (broad SMARTS) is 2. The maximum absolute atomic E-state index is 9.10. The summed E-state index contributed by atoms with van der Waals surface area (Å²) in [5.74, 6) is -3.65. The number of hydrogen-bond donors (Lipinski definition) is 2. The van der Waals surface area contributed by atoms with Crippen molar-refractivity contribution in [1.82, 2.24) is 4.90 Å². The SMILES string of the molecule is CCC12c3ccccc3C(CC)(c3cc(Br)ccc31)N2C.O.O=C(O)C(=O)O. The first-order chi connectivity index (χ1) is 12.8. The molecule has 0 fully saturated rings. The Labute approximate surface area is 172 Å². The molecule has 4 N–H and O–H groups in total. The van der Waals surface area contributed by atoms with E-state index in [1.54, 1.807) is 0 Å². The Morgan fingerprint density at radius 1 is 0.893 bits per heavy atom. The minimum atomic E-state index is -1.82. The first-order valence-corrected chi connectivity index (χ1v) is 9.67. The molecule has 0 radical (unpaired) electrons. The summed E-state index contributed by atoms with van der Waals surface area (Å²) in [5, 5.41) is 14.8. The van der Waals surface area contributed by atoms with E-state index in [0.29, 0.717) is 0 Å². The molecule has 2 atom stereocenters. The van der Waals surface area contributed by atoms with Crippen LogP contribution >= 0.6 is 15.9 Å². The Bertz CT molecular complexity index is 919. The van der Waals surface area contributed by atoms with E-state index in [1.165, 1.54) is 26.7 Å². The summed E-state index contributed by atoms with van der Waals surface area (Å²) in [5.41, 5.74) is 6.07. The van der Waals surface area contributed by atoms with E-state index < -0.39 is 11.9 Å². The van der Waals surface area contributed by atoms with Crippen molar-refractivity contribution in [1.29, 1.82) is 0 Å². The number of carbonyl (C=O) groups is 2. The van der Waals surface area contributed by atoms with Gasteiger partial charge in [-0.25, -0.2) is 9.59 Å². The number of carboxylic acids is 2. The molecular weight excluding hydrogens is 426 g/mol. The number of aliphatic carboxylic acids is 2. The Morgan fingerprint density at radius 2 is 1.32 bits per heavy atom. The first-order valence-electron chi connectivity index (χ1n) is 8.88. The maximum Gasteiger partial charge on any atom is 0.414 e. The van der Waals surface area contributed by atoms with Gasteiger partial charge in [0.25, 0.3) is 0 Å². The molecule has 2 aliphatic heterocycles. The zero-order valence-electron chi connectivity index (χ0n) is 16.0. The zero-order chi connectivity index (χ0) is 20.0. The van der Waals surface area contributed by atoms with E-state index in [0.717, 1.165) is 12.8 Å². The third-order valence-corrected chi connectivity index (χ3v) is 6.54. The van der Waals surface area contributed by atoms with Crippen molar-refractivity contribution < 1.29 is 25.3 Å². The van der Waals surface area contributed by atoms with Crippen molar-refractivity contribution >= 4 is 27.9 Å². The molecule has 2 heterocycles. The average Bonchev–Trinajstić information content (AvgIpc) is 3.01. The molecule has 2 bridgehead atoms. The number of nitrogens with zero attached hydrogens (tertiary/aromatic N) is 1. The minimum absolute atomic E-state index is 0. The highest BCUT2D eigenvalue weighted by atomic mass is 79.9. The van der Waals surface area contributed by atoms with Gasteiger partial charge in [-0.15, -0.1) is 0 Å². The van der Waals surface area contributed by atoms with E-state index in [-0.39, 0.29) is 16.6 Å². The van der Waals surface area contributed by atoms with E-state index in [9.17, 15) is 0 Å². The molecule has 0 saturated heterocycles. The average molecular weight is 450 g/mol. The summed E-state index contributed by atoms with van der Waals surface area (Å²) in [6.45, 7) is 4.63. The van der Waals surface area contributed by atoms with Crippen LogP contribution in [0.2, 0.25) is 0 Å². The van der Waals surface area contributed by atoms with Gasteiger partial charge in [0.15, 0.2) is 0 Å². The first kappa shape index (κ1) is 22.1. The van der Waals surface area contributed by atoms with Crippen LogP contribution in [0.15, 0.2) is 46.9 Å². The van der Waals surface area contributed by atoms with Gasteiger partial charge in [-0.2, -0.15) is 0 Å². The molecule has 2 unspecified atom stereocenters. The molecule has 0 aromatic heterocycles. The third-order valence-electron chi connectivity index (χ3n) is 6.04. The number of fused-ring (bicyclic) bond motifs is 8. The second-order valence-electron chi connectivity index (χ2n) is 6.83. The number of halogens is 1. The molecule has 28 heavy (non-hydrogen) atoms. The lowest BCUT2D eigenvalue weighted by Crippen LogP contribution is -2.42. The number of hydrogen-bond acceptors (Lipinski definition) is 3. The van der Waals surface area contributed by atoms with Gasteiger partial charge in [0.05, 0.1) is 11.1 Å². The van der Waals surface area contributed by atoms with Crippen molar-refractivity contribution in [3.05, 3.63) is 69.2 Å². The Hall–Kier alpha value is -2.22. The van der Waals surface area contributed by atoms with Crippen LogP contribution < -0.4 is 0 Å². The molecule has 4 rings (SSSR count). The van der Waals surface area contributed by atoms with Crippen LogP contribution in [0.25, 0.3) is 0 Å². The Morgan fingerprint density at radius 3 is 1.75 bits per heavy atom. The Balaban J connectivity index is 0.000000353. The van der Waals surface area contributed by atoms with E-state index in [2.05, 4.69) is 84.2 Å². The minimum Gasteiger partial charge on any atom is -0.473 e. The third kappa shape index (κ3) is 2.69. The highest BCUT2D eigenvalue weighted by Gasteiger charge is 2.63. The number of rotatable bonds is 2. The fourth-order valence-electron chi connectivity index (χ4n) is 5.00.